The molecule has 1 aliphatic heterocycles. The van der Waals surface area contributed by atoms with E-state index in [1.165, 1.54) is 5.56 Å². The summed E-state index contributed by atoms with van der Waals surface area (Å²) in [6.45, 7) is 1.81. The number of nitrogens with zero attached hydrogens (tertiary/aromatic N) is 1. The van der Waals surface area contributed by atoms with E-state index in [2.05, 4.69) is 24.3 Å². The lowest BCUT2D eigenvalue weighted by atomic mass is 9.88. The van der Waals surface area contributed by atoms with Gasteiger partial charge in [0.25, 0.3) is 0 Å². The van der Waals surface area contributed by atoms with Crippen molar-refractivity contribution in [1.82, 2.24) is 4.90 Å². The summed E-state index contributed by atoms with van der Waals surface area (Å²) >= 11 is 0. The summed E-state index contributed by atoms with van der Waals surface area (Å²) in [4.78, 5) is 14.6. The molecule has 0 aliphatic carbocycles. The summed E-state index contributed by atoms with van der Waals surface area (Å²) in [5.41, 5.74) is 2.34. The Morgan fingerprint density at radius 3 is 2.22 bits per heavy atom. The van der Waals surface area contributed by atoms with Crippen LogP contribution < -0.4 is 4.74 Å². The third kappa shape index (κ3) is 3.73. The van der Waals surface area contributed by atoms with Gasteiger partial charge in [-0.25, -0.2) is 0 Å². The Morgan fingerprint density at radius 2 is 1.61 bits per heavy atom. The summed E-state index contributed by atoms with van der Waals surface area (Å²) in [6.07, 6.45) is 2.78. The maximum absolute atomic E-state index is 12.6. The first-order valence-electron chi connectivity index (χ1n) is 8.24. The minimum absolute atomic E-state index is 0.0928. The van der Waals surface area contributed by atoms with Gasteiger partial charge in [-0.3, -0.25) is 4.79 Å². The van der Waals surface area contributed by atoms with E-state index in [-0.39, 0.29) is 11.8 Å². The van der Waals surface area contributed by atoms with Gasteiger partial charge in [-0.05, 0) is 36.1 Å². The fourth-order valence-electron chi connectivity index (χ4n) is 3.22. The Labute approximate surface area is 137 Å². The Bertz CT molecular complexity index is 630. The van der Waals surface area contributed by atoms with Crippen LogP contribution in [0.2, 0.25) is 0 Å². The third-order valence-corrected chi connectivity index (χ3v) is 4.56. The smallest absolute Gasteiger partial charge is 0.223 e. The highest BCUT2D eigenvalue weighted by atomic mass is 16.5. The number of hydrogen-bond acceptors (Lipinski definition) is 2. The molecule has 1 saturated heterocycles. The van der Waals surface area contributed by atoms with Crippen molar-refractivity contribution >= 4 is 5.91 Å². The molecule has 2 aromatic carbocycles. The molecule has 1 aliphatic rings. The van der Waals surface area contributed by atoms with Gasteiger partial charge in [0.2, 0.25) is 5.91 Å². The van der Waals surface area contributed by atoms with Crippen molar-refractivity contribution in [2.24, 2.45) is 0 Å². The second-order valence-electron chi connectivity index (χ2n) is 6.03. The molecular weight excluding hydrogens is 286 g/mol. The van der Waals surface area contributed by atoms with Crippen molar-refractivity contribution in [2.45, 2.75) is 25.2 Å². The van der Waals surface area contributed by atoms with Crippen LogP contribution in [0, 0.1) is 0 Å². The highest BCUT2D eigenvalue weighted by Crippen LogP contribution is 2.30. The molecule has 1 atom stereocenters. The number of ether oxygens (including phenoxy) is 1. The summed E-state index contributed by atoms with van der Waals surface area (Å²) in [5.74, 6) is 1.19. The van der Waals surface area contributed by atoms with Crippen LogP contribution in [0.3, 0.4) is 0 Å². The molecule has 0 N–H and O–H groups in total. The van der Waals surface area contributed by atoms with Crippen molar-refractivity contribution in [2.75, 3.05) is 20.2 Å². The zero-order chi connectivity index (χ0) is 16.1. The van der Waals surface area contributed by atoms with Crippen molar-refractivity contribution in [1.29, 1.82) is 0 Å². The summed E-state index contributed by atoms with van der Waals surface area (Å²) in [5, 5.41) is 0. The molecule has 3 heteroatoms. The second-order valence-corrected chi connectivity index (χ2v) is 6.03. The van der Waals surface area contributed by atoms with Crippen LogP contribution in [-0.2, 0) is 4.79 Å². The van der Waals surface area contributed by atoms with Crippen molar-refractivity contribution < 1.29 is 9.53 Å². The first-order valence-corrected chi connectivity index (χ1v) is 8.24. The molecule has 0 saturated carbocycles. The van der Waals surface area contributed by atoms with Gasteiger partial charge in [0.1, 0.15) is 5.75 Å². The van der Waals surface area contributed by atoms with Gasteiger partial charge in [-0.1, -0.05) is 42.5 Å². The first-order chi connectivity index (χ1) is 11.3. The Morgan fingerprint density at radius 1 is 1.00 bits per heavy atom. The standard InChI is InChI=1S/C20H23NO2/c1-23-18-11-9-17(10-12-18)19(16-7-3-2-4-8-16)15-20(22)21-13-5-6-14-21/h2-4,7-12,19H,5-6,13-15H2,1H3/t19-/m0/s1. The van der Waals surface area contributed by atoms with E-state index in [1.807, 2.05) is 35.2 Å². The van der Waals surface area contributed by atoms with Crippen LogP contribution in [0.1, 0.15) is 36.3 Å². The van der Waals surface area contributed by atoms with Gasteiger partial charge in [0.15, 0.2) is 0 Å². The number of amides is 1. The van der Waals surface area contributed by atoms with Gasteiger partial charge >= 0.3 is 0 Å². The Balaban J connectivity index is 1.85. The maximum Gasteiger partial charge on any atom is 0.223 e. The van der Waals surface area contributed by atoms with Crippen LogP contribution >= 0.6 is 0 Å². The van der Waals surface area contributed by atoms with Crippen molar-refractivity contribution in [3.05, 3.63) is 65.7 Å². The molecule has 1 heterocycles. The Hall–Kier alpha value is -2.29. The second kappa shape index (κ2) is 7.32. The SMILES string of the molecule is COc1ccc([C@@H](CC(=O)N2CCCC2)c2ccccc2)cc1. The molecule has 120 valence electrons. The predicted molar refractivity (Wildman–Crippen MR) is 91.7 cm³/mol. The molecule has 0 aromatic heterocycles. The molecule has 0 spiro atoms. The van der Waals surface area contributed by atoms with E-state index in [4.69, 9.17) is 4.74 Å². The minimum atomic E-state index is 0.0928. The minimum Gasteiger partial charge on any atom is -0.497 e. The number of benzene rings is 2. The lowest BCUT2D eigenvalue weighted by molar-refractivity contribution is -0.130. The first kappa shape index (κ1) is 15.6. The largest absolute Gasteiger partial charge is 0.497 e. The average molecular weight is 309 g/mol. The normalized spacial score (nSPS) is 15.4. The fourth-order valence-corrected chi connectivity index (χ4v) is 3.22. The molecule has 1 amide bonds. The van der Waals surface area contributed by atoms with E-state index in [0.717, 1.165) is 37.2 Å². The number of carbonyl (C=O) groups is 1. The summed E-state index contributed by atoms with van der Waals surface area (Å²) in [7, 11) is 1.67. The topological polar surface area (TPSA) is 29.5 Å². The van der Waals surface area contributed by atoms with Gasteiger partial charge < -0.3 is 9.64 Å². The Kier molecular flexibility index (Phi) is 4.96. The van der Waals surface area contributed by atoms with Gasteiger partial charge in [0.05, 0.1) is 7.11 Å². The van der Waals surface area contributed by atoms with Crippen LogP contribution in [0.25, 0.3) is 0 Å². The van der Waals surface area contributed by atoms with E-state index < -0.39 is 0 Å². The molecule has 2 aromatic rings. The molecule has 23 heavy (non-hydrogen) atoms. The maximum atomic E-state index is 12.6. The van der Waals surface area contributed by atoms with Crippen molar-refractivity contribution in [3.8, 4) is 5.75 Å². The van der Waals surface area contributed by atoms with Gasteiger partial charge in [-0.2, -0.15) is 0 Å². The highest BCUT2D eigenvalue weighted by molar-refractivity contribution is 5.78. The lowest BCUT2D eigenvalue weighted by Crippen LogP contribution is -2.29. The lowest BCUT2D eigenvalue weighted by Gasteiger charge is -2.22. The molecule has 0 radical (unpaired) electrons. The third-order valence-electron chi connectivity index (χ3n) is 4.56. The number of methoxy groups -OCH3 is 1. The molecule has 3 rings (SSSR count). The highest BCUT2D eigenvalue weighted by Gasteiger charge is 2.23. The monoisotopic (exact) mass is 309 g/mol. The van der Waals surface area contributed by atoms with E-state index >= 15 is 0 Å². The number of hydrogen-bond donors (Lipinski definition) is 0. The van der Waals surface area contributed by atoms with Gasteiger partial charge in [-0.15, -0.1) is 0 Å². The quantitative estimate of drug-likeness (QED) is 0.840. The van der Waals surface area contributed by atoms with Crippen LogP contribution in [0.5, 0.6) is 5.75 Å². The zero-order valence-corrected chi connectivity index (χ0v) is 13.6. The molecule has 0 bridgehead atoms. The molecule has 1 fully saturated rings. The predicted octanol–water partition coefficient (Wildman–Crippen LogP) is 3.84. The van der Waals surface area contributed by atoms with Crippen LogP contribution in [0.15, 0.2) is 54.6 Å². The fraction of sp³-hybridized carbons (Fsp3) is 0.350. The van der Waals surface area contributed by atoms with E-state index in [0.29, 0.717) is 6.42 Å². The van der Waals surface area contributed by atoms with Gasteiger partial charge in [0, 0.05) is 25.4 Å². The van der Waals surface area contributed by atoms with Crippen LogP contribution in [-0.4, -0.2) is 31.0 Å². The summed E-state index contributed by atoms with van der Waals surface area (Å²) < 4.78 is 5.24. The molecular formula is C20H23NO2. The number of likely N-dealkylation sites (tertiary alicyclic amines) is 1. The average Bonchev–Trinajstić information content (AvgIpc) is 3.15. The molecule has 0 unspecified atom stereocenters. The summed E-state index contributed by atoms with van der Waals surface area (Å²) in [6, 6.07) is 18.3. The molecule has 3 nitrogen and oxygen atoms in total. The van der Waals surface area contributed by atoms with Crippen molar-refractivity contribution in [3.63, 3.8) is 0 Å². The number of carbonyl (C=O) groups excluding carboxylic acids is 1. The van der Waals surface area contributed by atoms with Crippen LogP contribution in [0.4, 0.5) is 0 Å². The van der Waals surface area contributed by atoms with E-state index in [9.17, 15) is 4.79 Å². The van der Waals surface area contributed by atoms with E-state index in [1.54, 1.807) is 7.11 Å². The zero-order valence-electron chi connectivity index (χ0n) is 13.6. The number of rotatable bonds is 5.